The molecule has 1 aliphatic rings. The molecule has 0 saturated carbocycles. The van der Waals surface area contributed by atoms with E-state index in [0.29, 0.717) is 5.92 Å². The van der Waals surface area contributed by atoms with Crippen molar-refractivity contribution in [2.24, 2.45) is 5.92 Å². The van der Waals surface area contributed by atoms with Crippen LogP contribution in [0, 0.1) is 5.92 Å². The summed E-state index contributed by atoms with van der Waals surface area (Å²) in [6.45, 7) is 0. The highest BCUT2D eigenvalue weighted by molar-refractivity contribution is 6.28. The molecule has 0 saturated heterocycles. The molecule has 0 N–H and O–H groups in total. The minimum atomic E-state index is 0.627. The number of benzene rings is 7. The van der Waals surface area contributed by atoms with Crippen LogP contribution in [0.3, 0.4) is 0 Å². The maximum absolute atomic E-state index is 2.34. The Morgan fingerprint density at radius 2 is 1.02 bits per heavy atom. The van der Waals surface area contributed by atoms with Gasteiger partial charge in [-0.05, 0) is 97.2 Å². The Bertz CT molecular complexity index is 2100. The summed E-state index contributed by atoms with van der Waals surface area (Å²) in [6.07, 6.45) is 10.0. The first kappa shape index (κ1) is 25.3. The quantitative estimate of drug-likeness (QED) is 0.141. The van der Waals surface area contributed by atoms with Gasteiger partial charge in [-0.25, -0.2) is 0 Å². The Kier molecular flexibility index (Phi) is 6.35. The standard InChI is InChI=1S/C42H31N/c1-2-14-34(15-3-1)43(28-10-11-30-22-23-30)35-26-24-31(25-27-35)32-12-8-13-33(29-32)36-20-9-21-41-39-17-5-4-16-37(39)38-18-6-7-19-40(38)42(36)41/h1-10,12-30H,11H2/b28-10+. The molecular formula is C42H31N. The van der Waals surface area contributed by atoms with Crippen LogP contribution in [0.5, 0.6) is 0 Å². The summed E-state index contributed by atoms with van der Waals surface area (Å²) in [5.74, 6) is 0.627. The van der Waals surface area contributed by atoms with Crippen LogP contribution in [0.2, 0.25) is 0 Å². The molecule has 8 rings (SSSR count). The van der Waals surface area contributed by atoms with Gasteiger partial charge in [-0.1, -0.05) is 133 Å². The number of para-hydroxylation sites is 1. The Morgan fingerprint density at radius 1 is 0.465 bits per heavy atom. The van der Waals surface area contributed by atoms with E-state index in [0.717, 1.165) is 17.8 Å². The second-order valence-corrected chi connectivity index (χ2v) is 11.3. The summed E-state index contributed by atoms with van der Waals surface area (Å²) in [4.78, 5) is 2.27. The summed E-state index contributed by atoms with van der Waals surface area (Å²) in [5.41, 5.74) is 7.23. The first-order valence-electron chi connectivity index (χ1n) is 15.1. The van der Waals surface area contributed by atoms with Crippen molar-refractivity contribution in [3.05, 3.63) is 170 Å². The second kappa shape index (κ2) is 10.8. The lowest BCUT2D eigenvalue weighted by atomic mass is 9.89. The van der Waals surface area contributed by atoms with Gasteiger partial charge in [0.15, 0.2) is 0 Å². The smallest absolute Gasteiger partial charge is 0.0455 e. The predicted molar refractivity (Wildman–Crippen MR) is 185 cm³/mol. The van der Waals surface area contributed by atoms with Crippen LogP contribution in [0.1, 0.15) is 6.42 Å². The Balaban J connectivity index is 1.19. The van der Waals surface area contributed by atoms with Gasteiger partial charge >= 0.3 is 0 Å². The highest BCUT2D eigenvalue weighted by atomic mass is 15.1. The Labute approximate surface area is 252 Å². The van der Waals surface area contributed by atoms with Gasteiger partial charge in [0, 0.05) is 17.6 Å². The van der Waals surface area contributed by atoms with Crippen molar-refractivity contribution >= 4 is 43.7 Å². The van der Waals surface area contributed by atoms with Gasteiger partial charge in [-0.15, -0.1) is 0 Å². The Morgan fingerprint density at radius 3 is 1.72 bits per heavy atom. The number of anilines is 2. The number of allylic oxidation sites excluding steroid dienone is 3. The summed E-state index contributed by atoms with van der Waals surface area (Å²) < 4.78 is 0. The molecule has 0 fully saturated rings. The minimum absolute atomic E-state index is 0.627. The fraction of sp³-hybridized carbons (Fsp3) is 0.0476. The van der Waals surface area contributed by atoms with Gasteiger partial charge in [0.25, 0.3) is 0 Å². The van der Waals surface area contributed by atoms with E-state index in [-0.39, 0.29) is 0 Å². The molecule has 1 heteroatoms. The van der Waals surface area contributed by atoms with Crippen molar-refractivity contribution in [2.45, 2.75) is 6.42 Å². The number of hydrogen-bond donors (Lipinski definition) is 0. The van der Waals surface area contributed by atoms with Gasteiger partial charge in [0.1, 0.15) is 0 Å². The topological polar surface area (TPSA) is 3.24 Å². The number of nitrogens with zero attached hydrogens (tertiary/aromatic N) is 1. The van der Waals surface area contributed by atoms with E-state index in [9.17, 15) is 0 Å². The van der Waals surface area contributed by atoms with E-state index < -0.39 is 0 Å². The zero-order valence-electron chi connectivity index (χ0n) is 23.9. The molecule has 1 nitrogen and oxygen atoms in total. The van der Waals surface area contributed by atoms with Crippen molar-refractivity contribution in [3.8, 4) is 22.3 Å². The SMILES string of the molecule is C1=CC1C/C=C/N(c1ccccc1)c1ccc(-c2cccc(-c3cccc4c5ccccc5c5ccccc5c34)c2)cc1. The van der Waals surface area contributed by atoms with Gasteiger partial charge in [-0.2, -0.15) is 0 Å². The van der Waals surface area contributed by atoms with Gasteiger partial charge in [0.2, 0.25) is 0 Å². The average molecular weight is 550 g/mol. The number of fused-ring (bicyclic) bond motifs is 6. The van der Waals surface area contributed by atoms with Gasteiger partial charge < -0.3 is 4.90 Å². The first-order valence-corrected chi connectivity index (χ1v) is 15.1. The first-order chi connectivity index (χ1) is 21.3. The van der Waals surface area contributed by atoms with E-state index in [1.165, 1.54) is 54.6 Å². The monoisotopic (exact) mass is 549 g/mol. The lowest BCUT2D eigenvalue weighted by Gasteiger charge is -2.21. The fourth-order valence-electron chi connectivity index (χ4n) is 6.35. The molecular weight excluding hydrogens is 518 g/mol. The molecule has 0 unspecified atom stereocenters. The maximum Gasteiger partial charge on any atom is 0.0455 e. The third-order valence-electron chi connectivity index (χ3n) is 8.58. The number of rotatable bonds is 7. The lowest BCUT2D eigenvalue weighted by molar-refractivity contribution is 0.937. The third kappa shape index (κ3) is 4.79. The van der Waals surface area contributed by atoms with E-state index in [1.807, 2.05) is 0 Å². The second-order valence-electron chi connectivity index (χ2n) is 11.3. The van der Waals surface area contributed by atoms with E-state index in [1.54, 1.807) is 0 Å². The molecule has 43 heavy (non-hydrogen) atoms. The summed E-state index contributed by atoms with van der Waals surface area (Å²) in [5, 5.41) is 7.82. The molecule has 204 valence electrons. The summed E-state index contributed by atoms with van der Waals surface area (Å²) >= 11 is 0. The molecule has 0 heterocycles. The number of hydrogen-bond acceptors (Lipinski definition) is 1. The van der Waals surface area contributed by atoms with Crippen LogP contribution in [0.15, 0.2) is 170 Å². The van der Waals surface area contributed by atoms with Gasteiger partial charge in [-0.3, -0.25) is 0 Å². The molecule has 7 aromatic carbocycles. The summed E-state index contributed by atoms with van der Waals surface area (Å²) in [6, 6.07) is 52.8. The normalized spacial score (nSPS) is 12.9. The third-order valence-corrected chi connectivity index (χ3v) is 8.58. The van der Waals surface area contributed by atoms with Crippen molar-refractivity contribution in [3.63, 3.8) is 0 Å². The van der Waals surface area contributed by atoms with E-state index in [4.69, 9.17) is 0 Å². The molecule has 0 aromatic heterocycles. The zero-order valence-corrected chi connectivity index (χ0v) is 23.9. The molecule has 0 amide bonds. The van der Waals surface area contributed by atoms with Crippen molar-refractivity contribution in [2.75, 3.05) is 4.90 Å². The van der Waals surface area contributed by atoms with Crippen LogP contribution in [-0.4, -0.2) is 0 Å². The molecule has 0 aliphatic heterocycles. The lowest BCUT2D eigenvalue weighted by Crippen LogP contribution is -2.08. The average Bonchev–Trinajstić information content (AvgIpc) is 3.92. The molecule has 0 radical (unpaired) electrons. The van der Waals surface area contributed by atoms with E-state index in [2.05, 4.69) is 175 Å². The molecule has 7 aromatic rings. The highest BCUT2D eigenvalue weighted by Crippen LogP contribution is 2.41. The molecule has 0 spiro atoms. The molecule has 0 atom stereocenters. The van der Waals surface area contributed by atoms with Crippen LogP contribution in [-0.2, 0) is 0 Å². The van der Waals surface area contributed by atoms with Crippen molar-refractivity contribution in [1.82, 2.24) is 0 Å². The van der Waals surface area contributed by atoms with Crippen LogP contribution in [0.4, 0.5) is 11.4 Å². The van der Waals surface area contributed by atoms with Crippen LogP contribution >= 0.6 is 0 Å². The van der Waals surface area contributed by atoms with E-state index >= 15 is 0 Å². The van der Waals surface area contributed by atoms with Crippen molar-refractivity contribution < 1.29 is 0 Å². The minimum Gasteiger partial charge on any atom is -0.318 e. The zero-order chi connectivity index (χ0) is 28.6. The summed E-state index contributed by atoms with van der Waals surface area (Å²) in [7, 11) is 0. The van der Waals surface area contributed by atoms with Crippen LogP contribution in [0.25, 0.3) is 54.6 Å². The van der Waals surface area contributed by atoms with Crippen molar-refractivity contribution in [1.29, 1.82) is 0 Å². The predicted octanol–water partition coefficient (Wildman–Crippen LogP) is 11.7. The largest absolute Gasteiger partial charge is 0.318 e. The maximum atomic E-state index is 2.34. The molecule has 1 aliphatic carbocycles. The Hall–Kier alpha value is -5.40. The fourth-order valence-corrected chi connectivity index (χ4v) is 6.35. The molecule has 0 bridgehead atoms. The van der Waals surface area contributed by atoms with Gasteiger partial charge in [0.05, 0.1) is 0 Å². The van der Waals surface area contributed by atoms with Crippen LogP contribution < -0.4 is 4.90 Å². The highest BCUT2D eigenvalue weighted by Gasteiger charge is 2.14.